The molecule has 0 unspecified atom stereocenters. The maximum atomic E-state index is 5.30. The van der Waals surface area contributed by atoms with Crippen LogP contribution in [0.1, 0.15) is 31.2 Å². The Labute approximate surface area is 128 Å². The molecule has 1 aliphatic carbocycles. The molecule has 0 bridgehead atoms. The first-order chi connectivity index (χ1) is 8.75. The Kier molecular flexibility index (Phi) is 5.45. The highest BCUT2D eigenvalue weighted by Gasteiger charge is 2.22. The number of halogens is 1. The minimum absolute atomic E-state index is 0.497. The molecule has 3 heteroatoms. The van der Waals surface area contributed by atoms with Gasteiger partial charge in [0.25, 0.3) is 0 Å². The van der Waals surface area contributed by atoms with E-state index in [4.69, 9.17) is 12.2 Å². The van der Waals surface area contributed by atoms with Crippen LogP contribution in [-0.4, -0.2) is 15.0 Å². The minimum atomic E-state index is 0.497. The highest BCUT2D eigenvalue weighted by atomic mass is 127. The van der Waals surface area contributed by atoms with E-state index in [1.165, 1.54) is 25.7 Å². The van der Waals surface area contributed by atoms with Crippen LogP contribution in [0.5, 0.6) is 0 Å². The zero-order valence-electron chi connectivity index (χ0n) is 10.2. The highest BCUT2D eigenvalue weighted by Crippen LogP contribution is 2.24. The first-order valence-electron chi connectivity index (χ1n) is 6.27. The van der Waals surface area contributed by atoms with E-state index in [0.717, 1.165) is 5.56 Å². The third-order valence-electron chi connectivity index (χ3n) is 3.09. The van der Waals surface area contributed by atoms with Crippen molar-refractivity contribution < 1.29 is 0 Å². The molecule has 0 amide bonds. The Hall–Kier alpha value is -0.600. The third kappa shape index (κ3) is 4.25. The number of thiocarbonyl (C=S) groups is 1. The quantitative estimate of drug-likeness (QED) is 0.351. The summed E-state index contributed by atoms with van der Waals surface area (Å²) in [6.07, 6.45) is 5.13. The number of hydrogen-bond donors (Lipinski definition) is 1. The lowest BCUT2D eigenvalue weighted by atomic mass is 9.95. The lowest BCUT2D eigenvalue weighted by Crippen LogP contribution is -2.41. The molecule has 0 aromatic heterocycles. The van der Waals surface area contributed by atoms with Crippen molar-refractivity contribution in [2.75, 3.05) is 0 Å². The second-order valence-electron chi connectivity index (χ2n) is 4.50. The van der Waals surface area contributed by atoms with Crippen LogP contribution in [0.25, 0.3) is 0 Å². The molecule has 2 atom stereocenters. The summed E-state index contributed by atoms with van der Waals surface area (Å²) in [6, 6.07) is 10.5. The Morgan fingerprint density at radius 1 is 1.22 bits per heavy atom. The summed E-state index contributed by atoms with van der Waals surface area (Å²) in [4.78, 5) is 0.674. The maximum Gasteiger partial charge on any atom is 0.151 e. The summed E-state index contributed by atoms with van der Waals surface area (Å²) in [5.41, 5.74) is 1.01. The lowest BCUT2D eigenvalue weighted by Gasteiger charge is -2.28. The first-order valence-corrected chi connectivity index (χ1v) is 7.93. The Balaban J connectivity index is 1.91. The molecular weight excluding hydrogens is 353 g/mol. The molecule has 1 nitrogen and oxygen atoms in total. The van der Waals surface area contributed by atoms with E-state index in [1.807, 2.05) is 30.3 Å². The molecule has 18 heavy (non-hydrogen) atoms. The SMILES string of the molecule is S=C(C#Cc1ccccc1)N[C@@H]1CCCC[C@H]1I. The Morgan fingerprint density at radius 2 is 1.94 bits per heavy atom. The summed E-state index contributed by atoms with van der Waals surface area (Å²) in [7, 11) is 0. The van der Waals surface area contributed by atoms with Crippen LogP contribution in [0.2, 0.25) is 0 Å². The molecule has 1 aliphatic rings. The van der Waals surface area contributed by atoms with Gasteiger partial charge in [-0.2, -0.15) is 0 Å². The fraction of sp³-hybridized carbons (Fsp3) is 0.400. The van der Waals surface area contributed by atoms with Crippen LogP contribution in [0.15, 0.2) is 30.3 Å². The smallest absolute Gasteiger partial charge is 0.151 e. The van der Waals surface area contributed by atoms with Crippen molar-refractivity contribution >= 4 is 39.8 Å². The number of rotatable bonds is 1. The molecule has 1 aromatic rings. The van der Waals surface area contributed by atoms with Crippen molar-refractivity contribution in [3.8, 4) is 11.8 Å². The first kappa shape index (κ1) is 13.8. The molecule has 1 aromatic carbocycles. The summed E-state index contributed by atoms with van der Waals surface area (Å²) >= 11 is 7.82. The van der Waals surface area contributed by atoms with Gasteiger partial charge in [-0.1, -0.05) is 71.8 Å². The van der Waals surface area contributed by atoms with Crippen molar-refractivity contribution in [1.82, 2.24) is 5.32 Å². The normalized spacial score (nSPS) is 22.7. The van der Waals surface area contributed by atoms with Crippen LogP contribution < -0.4 is 5.32 Å². The van der Waals surface area contributed by atoms with E-state index in [2.05, 4.69) is 39.7 Å². The van der Waals surface area contributed by atoms with E-state index >= 15 is 0 Å². The van der Waals surface area contributed by atoms with Gasteiger partial charge in [-0.05, 0) is 30.9 Å². The van der Waals surface area contributed by atoms with Gasteiger partial charge < -0.3 is 5.32 Å². The van der Waals surface area contributed by atoms with Crippen LogP contribution in [0, 0.1) is 11.8 Å². The van der Waals surface area contributed by atoms with Gasteiger partial charge in [0, 0.05) is 15.5 Å². The molecule has 1 N–H and O–H groups in total. The van der Waals surface area contributed by atoms with E-state index in [-0.39, 0.29) is 0 Å². The summed E-state index contributed by atoms with van der Waals surface area (Å²) < 4.78 is 0.674. The lowest BCUT2D eigenvalue weighted by molar-refractivity contribution is 0.438. The largest absolute Gasteiger partial charge is 0.366 e. The van der Waals surface area contributed by atoms with Crippen molar-refractivity contribution in [2.45, 2.75) is 35.6 Å². The molecule has 0 saturated heterocycles. The number of benzene rings is 1. The van der Waals surface area contributed by atoms with E-state index < -0.39 is 0 Å². The van der Waals surface area contributed by atoms with Gasteiger partial charge in [0.1, 0.15) is 0 Å². The van der Waals surface area contributed by atoms with Crippen molar-refractivity contribution in [2.24, 2.45) is 0 Å². The molecule has 1 fully saturated rings. The molecule has 0 radical (unpaired) electrons. The fourth-order valence-electron chi connectivity index (χ4n) is 2.10. The van der Waals surface area contributed by atoms with Gasteiger partial charge in [-0.15, -0.1) is 0 Å². The summed E-state index contributed by atoms with van der Waals surface area (Å²) in [6.45, 7) is 0. The molecule has 0 aliphatic heterocycles. The van der Waals surface area contributed by atoms with Gasteiger partial charge in [0.2, 0.25) is 0 Å². The zero-order valence-corrected chi connectivity index (χ0v) is 13.1. The minimum Gasteiger partial charge on any atom is -0.366 e. The van der Waals surface area contributed by atoms with Crippen LogP contribution in [0.4, 0.5) is 0 Å². The van der Waals surface area contributed by atoms with Crippen LogP contribution >= 0.6 is 34.8 Å². The van der Waals surface area contributed by atoms with Crippen LogP contribution in [-0.2, 0) is 0 Å². The number of nitrogens with one attached hydrogen (secondary N) is 1. The Morgan fingerprint density at radius 3 is 2.67 bits per heavy atom. The third-order valence-corrected chi connectivity index (χ3v) is 4.80. The van der Waals surface area contributed by atoms with Gasteiger partial charge in [0.05, 0.1) is 0 Å². The second kappa shape index (κ2) is 7.10. The number of hydrogen-bond acceptors (Lipinski definition) is 1. The standard InChI is InChI=1S/C15H16INS/c16-13-8-4-5-9-14(13)17-15(18)11-10-12-6-2-1-3-7-12/h1-3,6-7,13-14H,4-5,8-9H2,(H,17,18)/t13-,14-/m1/s1. The second-order valence-corrected chi connectivity index (χ2v) is 6.50. The summed E-state index contributed by atoms with van der Waals surface area (Å²) in [5, 5.41) is 3.39. The van der Waals surface area contributed by atoms with Gasteiger partial charge >= 0.3 is 0 Å². The average Bonchev–Trinajstić information content (AvgIpc) is 2.40. The molecular formula is C15H16INS. The van der Waals surface area contributed by atoms with Gasteiger partial charge in [-0.25, -0.2) is 0 Å². The molecule has 2 rings (SSSR count). The van der Waals surface area contributed by atoms with Gasteiger partial charge in [-0.3, -0.25) is 0 Å². The van der Waals surface area contributed by atoms with Crippen molar-refractivity contribution in [3.63, 3.8) is 0 Å². The van der Waals surface area contributed by atoms with Crippen LogP contribution in [0.3, 0.4) is 0 Å². The fourth-order valence-corrected chi connectivity index (χ4v) is 3.29. The molecule has 0 spiro atoms. The maximum absolute atomic E-state index is 5.30. The van der Waals surface area contributed by atoms with E-state index in [1.54, 1.807) is 0 Å². The Bertz CT molecular complexity index is 460. The highest BCUT2D eigenvalue weighted by molar-refractivity contribution is 14.1. The van der Waals surface area contributed by atoms with Crippen molar-refractivity contribution in [3.05, 3.63) is 35.9 Å². The predicted octanol–water partition coefficient (Wildman–Crippen LogP) is 3.70. The number of alkyl halides is 1. The molecule has 1 saturated carbocycles. The predicted molar refractivity (Wildman–Crippen MR) is 89.1 cm³/mol. The van der Waals surface area contributed by atoms with Crippen molar-refractivity contribution in [1.29, 1.82) is 0 Å². The monoisotopic (exact) mass is 369 g/mol. The molecule has 0 heterocycles. The average molecular weight is 369 g/mol. The zero-order chi connectivity index (χ0) is 12.8. The van der Waals surface area contributed by atoms with E-state index in [0.29, 0.717) is 15.0 Å². The summed E-state index contributed by atoms with van der Waals surface area (Å²) in [5.74, 6) is 6.13. The topological polar surface area (TPSA) is 12.0 Å². The van der Waals surface area contributed by atoms with E-state index in [9.17, 15) is 0 Å². The molecule has 94 valence electrons. The van der Waals surface area contributed by atoms with Gasteiger partial charge in [0.15, 0.2) is 4.99 Å².